The highest BCUT2D eigenvalue weighted by Crippen LogP contribution is 2.37. The van der Waals surface area contributed by atoms with Crippen molar-refractivity contribution in [1.29, 1.82) is 0 Å². The number of amides is 1. The van der Waals surface area contributed by atoms with Gasteiger partial charge >= 0.3 is 0 Å². The van der Waals surface area contributed by atoms with E-state index < -0.39 is 0 Å². The number of hydrogen-bond acceptors (Lipinski definition) is 4. The Balaban J connectivity index is 1.53. The molecule has 5 nitrogen and oxygen atoms in total. The maximum absolute atomic E-state index is 12.4. The average Bonchev–Trinajstić information content (AvgIpc) is 3.27. The van der Waals surface area contributed by atoms with Gasteiger partial charge in [0.25, 0.3) is 0 Å². The van der Waals surface area contributed by atoms with Crippen LogP contribution in [-0.4, -0.2) is 31.3 Å². The van der Waals surface area contributed by atoms with E-state index in [4.69, 9.17) is 14.2 Å². The third-order valence-electron chi connectivity index (χ3n) is 5.67. The van der Waals surface area contributed by atoms with Crippen molar-refractivity contribution in [2.75, 3.05) is 20.4 Å². The molecule has 0 bridgehead atoms. The maximum Gasteiger partial charge on any atom is 0.231 e. The van der Waals surface area contributed by atoms with E-state index >= 15 is 0 Å². The molecule has 0 radical (unpaired) electrons. The SMILES string of the molecule is COc1ccc(CN(CC[C@@H](c2ccccc2)c2ccc3c(c2)OCO3)C(C)=O)cc1. The summed E-state index contributed by atoms with van der Waals surface area (Å²) in [4.78, 5) is 14.3. The van der Waals surface area contributed by atoms with Gasteiger partial charge in [0.1, 0.15) is 5.75 Å². The van der Waals surface area contributed by atoms with E-state index in [2.05, 4.69) is 36.4 Å². The molecule has 3 aromatic carbocycles. The molecule has 1 heterocycles. The Morgan fingerprint density at radius 1 is 0.968 bits per heavy atom. The fourth-order valence-corrected chi connectivity index (χ4v) is 3.93. The molecule has 0 aromatic heterocycles. The number of nitrogens with zero attached hydrogens (tertiary/aromatic N) is 1. The van der Waals surface area contributed by atoms with Gasteiger partial charge in [-0.1, -0.05) is 48.5 Å². The normalized spacial score (nSPS) is 13.0. The molecule has 31 heavy (non-hydrogen) atoms. The van der Waals surface area contributed by atoms with Crippen LogP contribution in [0.25, 0.3) is 0 Å². The minimum atomic E-state index is 0.0633. The second-order valence-corrected chi connectivity index (χ2v) is 7.65. The molecule has 1 aliphatic heterocycles. The molecule has 5 heteroatoms. The molecular formula is C26H27NO4. The number of benzene rings is 3. The average molecular weight is 418 g/mol. The van der Waals surface area contributed by atoms with Crippen LogP contribution in [-0.2, 0) is 11.3 Å². The van der Waals surface area contributed by atoms with Gasteiger partial charge in [0.2, 0.25) is 12.7 Å². The van der Waals surface area contributed by atoms with Gasteiger partial charge in [-0.3, -0.25) is 4.79 Å². The second-order valence-electron chi connectivity index (χ2n) is 7.65. The molecule has 0 fully saturated rings. The van der Waals surface area contributed by atoms with Gasteiger partial charge in [-0.2, -0.15) is 0 Å². The van der Waals surface area contributed by atoms with Crippen LogP contribution in [0.5, 0.6) is 17.2 Å². The molecule has 0 N–H and O–H groups in total. The maximum atomic E-state index is 12.4. The van der Waals surface area contributed by atoms with E-state index in [0.717, 1.165) is 34.8 Å². The number of ether oxygens (including phenoxy) is 3. The fraction of sp³-hybridized carbons (Fsp3) is 0.269. The van der Waals surface area contributed by atoms with Gasteiger partial charge in [0.15, 0.2) is 11.5 Å². The predicted octanol–water partition coefficient (Wildman–Crippen LogP) is 4.99. The van der Waals surface area contributed by atoms with Crippen LogP contribution in [0.1, 0.15) is 36.0 Å². The Bertz CT molecular complexity index is 1020. The van der Waals surface area contributed by atoms with Crippen molar-refractivity contribution in [3.63, 3.8) is 0 Å². The lowest BCUT2D eigenvalue weighted by molar-refractivity contribution is -0.129. The molecule has 0 unspecified atom stereocenters. The molecule has 0 saturated carbocycles. The molecule has 160 valence electrons. The fourth-order valence-electron chi connectivity index (χ4n) is 3.93. The summed E-state index contributed by atoms with van der Waals surface area (Å²) in [5.41, 5.74) is 3.45. The van der Waals surface area contributed by atoms with E-state index in [1.807, 2.05) is 41.3 Å². The second kappa shape index (κ2) is 9.56. The molecule has 0 aliphatic carbocycles. The van der Waals surface area contributed by atoms with E-state index in [-0.39, 0.29) is 18.6 Å². The van der Waals surface area contributed by atoms with E-state index in [0.29, 0.717) is 13.1 Å². The molecular weight excluding hydrogens is 390 g/mol. The highest BCUT2D eigenvalue weighted by Gasteiger charge is 2.21. The van der Waals surface area contributed by atoms with Crippen molar-refractivity contribution >= 4 is 5.91 Å². The Labute approximate surface area is 183 Å². The van der Waals surface area contributed by atoms with Gasteiger partial charge in [-0.25, -0.2) is 0 Å². The zero-order chi connectivity index (χ0) is 21.6. The van der Waals surface area contributed by atoms with Gasteiger partial charge in [0, 0.05) is 25.9 Å². The lowest BCUT2D eigenvalue weighted by atomic mass is 9.88. The van der Waals surface area contributed by atoms with Crippen molar-refractivity contribution in [1.82, 2.24) is 4.90 Å². The van der Waals surface area contributed by atoms with Crippen LogP contribution in [0.3, 0.4) is 0 Å². The van der Waals surface area contributed by atoms with E-state index in [1.165, 1.54) is 5.56 Å². The first-order chi connectivity index (χ1) is 15.1. The molecule has 3 aromatic rings. The van der Waals surface area contributed by atoms with Crippen molar-refractivity contribution < 1.29 is 19.0 Å². The first-order valence-corrected chi connectivity index (χ1v) is 10.5. The van der Waals surface area contributed by atoms with Gasteiger partial charge in [-0.15, -0.1) is 0 Å². The van der Waals surface area contributed by atoms with E-state index in [1.54, 1.807) is 14.0 Å². The molecule has 4 rings (SSSR count). The largest absolute Gasteiger partial charge is 0.497 e. The summed E-state index contributed by atoms with van der Waals surface area (Å²) in [7, 11) is 1.65. The van der Waals surface area contributed by atoms with Crippen LogP contribution < -0.4 is 14.2 Å². The lowest BCUT2D eigenvalue weighted by Crippen LogP contribution is -2.30. The quantitative estimate of drug-likeness (QED) is 0.518. The number of carbonyl (C=O) groups is 1. The molecule has 1 amide bonds. The summed E-state index contributed by atoms with van der Waals surface area (Å²) < 4.78 is 16.3. The standard InChI is InChI=1S/C26H27NO4/c1-19(28)27(17-20-8-11-23(29-2)12-9-20)15-14-24(21-6-4-3-5-7-21)22-10-13-25-26(16-22)31-18-30-25/h3-13,16,24H,14-15,17-18H2,1-2H3/t24-/m0/s1. The molecule has 0 saturated heterocycles. The summed E-state index contributed by atoms with van der Waals surface area (Å²) >= 11 is 0. The van der Waals surface area contributed by atoms with Gasteiger partial charge < -0.3 is 19.1 Å². The highest BCUT2D eigenvalue weighted by molar-refractivity contribution is 5.73. The van der Waals surface area contributed by atoms with E-state index in [9.17, 15) is 4.79 Å². The number of fused-ring (bicyclic) bond motifs is 1. The van der Waals surface area contributed by atoms with Crippen LogP contribution in [0.4, 0.5) is 0 Å². The van der Waals surface area contributed by atoms with Gasteiger partial charge in [0.05, 0.1) is 7.11 Å². The Morgan fingerprint density at radius 2 is 1.71 bits per heavy atom. The number of methoxy groups -OCH3 is 1. The smallest absolute Gasteiger partial charge is 0.231 e. The zero-order valence-electron chi connectivity index (χ0n) is 17.9. The molecule has 1 atom stereocenters. The lowest BCUT2D eigenvalue weighted by Gasteiger charge is -2.25. The topological polar surface area (TPSA) is 48.0 Å². The van der Waals surface area contributed by atoms with Crippen LogP contribution in [0, 0.1) is 0 Å². The first kappa shape index (κ1) is 20.8. The summed E-state index contributed by atoms with van der Waals surface area (Å²) in [6, 6.07) is 24.4. The molecule has 1 aliphatic rings. The summed E-state index contributed by atoms with van der Waals surface area (Å²) in [6.45, 7) is 3.10. The van der Waals surface area contributed by atoms with Crippen molar-refractivity contribution in [3.8, 4) is 17.2 Å². The Hall–Kier alpha value is -3.47. The highest BCUT2D eigenvalue weighted by atomic mass is 16.7. The van der Waals surface area contributed by atoms with Crippen LogP contribution >= 0.6 is 0 Å². The Morgan fingerprint density at radius 3 is 2.42 bits per heavy atom. The predicted molar refractivity (Wildman–Crippen MR) is 120 cm³/mol. The minimum absolute atomic E-state index is 0.0633. The monoisotopic (exact) mass is 417 g/mol. The summed E-state index contributed by atoms with van der Waals surface area (Å²) in [6.07, 6.45) is 0.805. The summed E-state index contributed by atoms with van der Waals surface area (Å²) in [5, 5.41) is 0. The zero-order valence-corrected chi connectivity index (χ0v) is 17.9. The summed E-state index contributed by atoms with van der Waals surface area (Å²) in [5.74, 6) is 2.58. The van der Waals surface area contributed by atoms with Crippen LogP contribution in [0.15, 0.2) is 72.8 Å². The van der Waals surface area contributed by atoms with Gasteiger partial charge in [-0.05, 0) is 47.4 Å². The number of hydrogen-bond donors (Lipinski definition) is 0. The Kier molecular flexibility index (Phi) is 6.41. The third-order valence-corrected chi connectivity index (χ3v) is 5.67. The number of rotatable bonds is 8. The molecule has 0 spiro atoms. The number of carbonyl (C=O) groups excluding carboxylic acids is 1. The third kappa shape index (κ3) is 5.00. The van der Waals surface area contributed by atoms with Crippen LogP contribution in [0.2, 0.25) is 0 Å². The van der Waals surface area contributed by atoms with Crippen molar-refractivity contribution in [2.45, 2.75) is 25.8 Å². The van der Waals surface area contributed by atoms with Crippen molar-refractivity contribution in [3.05, 3.63) is 89.5 Å². The van der Waals surface area contributed by atoms with Crippen molar-refractivity contribution in [2.24, 2.45) is 0 Å². The minimum Gasteiger partial charge on any atom is -0.497 e. The first-order valence-electron chi connectivity index (χ1n) is 10.5.